The van der Waals surface area contributed by atoms with Crippen molar-refractivity contribution in [2.75, 3.05) is 0 Å². The number of aryl methyl sites for hydroxylation is 4. The van der Waals surface area contributed by atoms with Gasteiger partial charge in [0.05, 0.1) is 0 Å². The summed E-state index contributed by atoms with van der Waals surface area (Å²) in [6.45, 7) is 7.51. The highest BCUT2D eigenvalue weighted by Gasteiger charge is 2.26. The maximum absolute atomic E-state index is 10.8. The Bertz CT molecular complexity index is 1500. The second kappa shape index (κ2) is 13.3. The highest BCUT2D eigenvalue weighted by atomic mass is 35.5. The molecule has 9 nitrogen and oxygen atoms in total. The first-order chi connectivity index (χ1) is 17.3. The number of aromatic carboxylic acids is 2. The summed E-state index contributed by atoms with van der Waals surface area (Å²) in [7, 11) is 0. The summed E-state index contributed by atoms with van der Waals surface area (Å²) < 4.78 is 11.1. The van der Waals surface area contributed by atoms with Gasteiger partial charge in [-0.25, -0.2) is 9.59 Å². The summed E-state index contributed by atoms with van der Waals surface area (Å²) in [4.78, 5) is 42.2. The number of carboxylic acid groups (broad SMARTS) is 2. The molecule has 39 heavy (non-hydrogen) atoms. The number of fused-ring (bicyclic) bond motifs is 2. The van der Waals surface area contributed by atoms with E-state index in [2.05, 4.69) is 0 Å². The van der Waals surface area contributed by atoms with Gasteiger partial charge < -0.3 is 19.0 Å². The van der Waals surface area contributed by atoms with Crippen LogP contribution >= 0.6 is 23.4 Å². The van der Waals surface area contributed by atoms with Gasteiger partial charge in [-0.15, -0.1) is 0 Å². The van der Waals surface area contributed by atoms with Crippen LogP contribution in [0, 0.1) is 27.7 Å². The zero-order valence-electron chi connectivity index (χ0n) is 20.3. The molecule has 5 rings (SSSR count). The van der Waals surface area contributed by atoms with Crippen molar-refractivity contribution in [2.24, 2.45) is 0 Å². The molecule has 210 valence electrons. The Labute approximate surface area is 236 Å². The van der Waals surface area contributed by atoms with E-state index in [1.54, 1.807) is 12.1 Å². The van der Waals surface area contributed by atoms with Crippen molar-refractivity contribution < 1.29 is 38.2 Å². The highest BCUT2D eigenvalue weighted by molar-refractivity contribution is 6.32. The monoisotopic (exact) mass is 579 g/mol. The molecule has 1 fully saturated rings. The number of imide groups is 1. The van der Waals surface area contributed by atoms with E-state index in [-0.39, 0.29) is 51.0 Å². The summed E-state index contributed by atoms with van der Waals surface area (Å²) in [6, 6.07) is 8.73. The second-order valence-electron chi connectivity index (χ2n) is 8.39. The molecule has 0 saturated carbocycles. The van der Waals surface area contributed by atoms with Gasteiger partial charge in [-0.1, -0.05) is 38.6 Å². The number of carbonyl (C=O) groups excluding carboxylic acids is 2. The number of furan rings is 2. The van der Waals surface area contributed by atoms with Crippen molar-refractivity contribution in [3.63, 3.8) is 0 Å². The van der Waals surface area contributed by atoms with Gasteiger partial charge in [0, 0.05) is 40.4 Å². The van der Waals surface area contributed by atoms with Crippen LogP contribution in [0.4, 0.5) is 0 Å². The molecule has 0 aliphatic carbocycles. The van der Waals surface area contributed by atoms with Crippen LogP contribution in [0.2, 0.25) is 5.02 Å². The zero-order chi connectivity index (χ0) is 27.6. The van der Waals surface area contributed by atoms with Crippen molar-refractivity contribution in [3.8, 4) is 0 Å². The van der Waals surface area contributed by atoms with Gasteiger partial charge >= 0.3 is 11.9 Å². The number of carboxylic acids is 2. The SMILES string of the molecule is C.C.Cc1c(Cl)cc(C)c2oc(C(=O)O)cc12.Cc1ccc(C)c2oc(C(=O)O)cc12.O=C1CCC(=O)N1Cl. The molecular formula is C28H31Cl2NO8. The molecule has 2 N–H and O–H groups in total. The lowest BCUT2D eigenvalue weighted by Crippen LogP contribution is -2.16. The average Bonchev–Trinajstić information content (AvgIpc) is 3.56. The Hall–Kier alpha value is -3.82. The van der Waals surface area contributed by atoms with Crippen molar-refractivity contribution >= 4 is 69.1 Å². The molecule has 0 bridgehead atoms. The zero-order valence-corrected chi connectivity index (χ0v) is 21.9. The van der Waals surface area contributed by atoms with Gasteiger partial charge in [0.25, 0.3) is 0 Å². The highest BCUT2D eigenvalue weighted by Crippen LogP contribution is 2.31. The van der Waals surface area contributed by atoms with E-state index in [1.807, 2.05) is 39.8 Å². The quantitative estimate of drug-likeness (QED) is 0.182. The van der Waals surface area contributed by atoms with Crippen LogP contribution in [-0.4, -0.2) is 38.4 Å². The number of rotatable bonds is 2. The Kier molecular flexibility index (Phi) is 11.3. The van der Waals surface area contributed by atoms with Gasteiger partial charge in [-0.3, -0.25) is 9.59 Å². The van der Waals surface area contributed by atoms with Crippen LogP contribution < -0.4 is 0 Å². The standard InChI is InChI=1S/C11H9ClO3.C11H10O3.C4H4ClNO2.2CH4/c1-5-3-8(12)6(2)7-4-9(11(13)14)15-10(5)7;1-6-3-4-7(2)10-8(6)5-9(14-10)11(12)13;5-6-3(7)1-2-4(6)8;;/h3-4H,1-2H3,(H,13,14);3-5H,1-2H3,(H,12,13);1-2H2;2*1H4. The van der Waals surface area contributed by atoms with E-state index in [4.69, 9.17) is 42.4 Å². The van der Waals surface area contributed by atoms with E-state index >= 15 is 0 Å². The molecule has 0 radical (unpaired) electrons. The molecular weight excluding hydrogens is 549 g/mol. The number of carbonyl (C=O) groups is 4. The molecule has 2 aromatic heterocycles. The van der Waals surface area contributed by atoms with Gasteiger partial charge in [-0.05, 0) is 68.1 Å². The molecule has 0 spiro atoms. The number of hydrogen-bond donors (Lipinski definition) is 2. The van der Waals surface area contributed by atoms with Crippen molar-refractivity contribution in [1.29, 1.82) is 0 Å². The van der Waals surface area contributed by atoms with Gasteiger partial charge in [0.15, 0.2) is 0 Å². The van der Waals surface area contributed by atoms with Crippen molar-refractivity contribution in [3.05, 3.63) is 69.1 Å². The largest absolute Gasteiger partial charge is 0.475 e. The number of halogens is 2. The summed E-state index contributed by atoms with van der Waals surface area (Å²) in [6.07, 6.45) is 0.532. The van der Waals surface area contributed by atoms with E-state index in [0.717, 1.165) is 33.0 Å². The number of hydrogen-bond acceptors (Lipinski definition) is 6. The minimum Gasteiger partial charge on any atom is -0.475 e. The molecule has 4 aromatic rings. The predicted octanol–water partition coefficient (Wildman–Crippen LogP) is 7.71. The van der Waals surface area contributed by atoms with Crippen LogP contribution in [0.15, 0.2) is 39.2 Å². The van der Waals surface area contributed by atoms with E-state index in [1.165, 1.54) is 6.07 Å². The summed E-state index contributed by atoms with van der Waals surface area (Å²) in [5.41, 5.74) is 4.93. The lowest BCUT2D eigenvalue weighted by molar-refractivity contribution is -0.132. The van der Waals surface area contributed by atoms with E-state index in [9.17, 15) is 19.2 Å². The molecule has 1 aliphatic rings. The third-order valence-electron chi connectivity index (χ3n) is 5.71. The molecule has 0 atom stereocenters. The van der Waals surface area contributed by atoms with Gasteiger partial charge in [0.1, 0.15) is 11.2 Å². The number of benzene rings is 2. The van der Waals surface area contributed by atoms with Crippen LogP contribution in [0.1, 0.15) is 71.1 Å². The smallest absolute Gasteiger partial charge is 0.371 e. The van der Waals surface area contributed by atoms with Crippen LogP contribution in [-0.2, 0) is 9.59 Å². The maximum Gasteiger partial charge on any atom is 0.371 e. The van der Waals surface area contributed by atoms with E-state index < -0.39 is 11.9 Å². The summed E-state index contributed by atoms with van der Waals surface area (Å²) >= 11 is 11.1. The maximum atomic E-state index is 10.8. The van der Waals surface area contributed by atoms with Gasteiger partial charge in [0.2, 0.25) is 23.3 Å². The molecule has 1 aliphatic heterocycles. The fourth-order valence-corrected chi connectivity index (χ4v) is 4.04. The Balaban J connectivity index is 0.000000297. The third kappa shape index (κ3) is 7.19. The molecule has 0 unspecified atom stereocenters. The Morgan fingerprint density at radius 3 is 1.62 bits per heavy atom. The summed E-state index contributed by atoms with van der Waals surface area (Å²) in [5, 5.41) is 19.8. The average molecular weight is 580 g/mol. The second-order valence-corrected chi connectivity index (χ2v) is 9.13. The first kappa shape index (κ1) is 33.2. The first-order valence-electron chi connectivity index (χ1n) is 11.0. The fourth-order valence-electron chi connectivity index (χ4n) is 3.61. The number of nitrogens with zero attached hydrogens (tertiary/aromatic N) is 1. The van der Waals surface area contributed by atoms with Crippen LogP contribution in [0.5, 0.6) is 0 Å². The van der Waals surface area contributed by atoms with E-state index in [0.29, 0.717) is 20.6 Å². The Morgan fingerprint density at radius 2 is 1.21 bits per heavy atom. The predicted molar refractivity (Wildman–Crippen MR) is 151 cm³/mol. The van der Waals surface area contributed by atoms with Crippen LogP contribution in [0.25, 0.3) is 21.9 Å². The van der Waals surface area contributed by atoms with Gasteiger partial charge in [-0.2, -0.15) is 4.42 Å². The first-order valence-corrected chi connectivity index (χ1v) is 11.7. The molecule has 11 heteroatoms. The van der Waals surface area contributed by atoms with Crippen molar-refractivity contribution in [1.82, 2.24) is 4.42 Å². The number of amides is 2. The molecule has 1 saturated heterocycles. The fraction of sp³-hybridized carbons (Fsp3) is 0.286. The summed E-state index contributed by atoms with van der Waals surface area (Å²) in [5.74, 6) is -2.75. The van der Waals surface area contributed by atoms with Crippen molar-refractivity contribution in [2.45, 2.75) is 55.4 Å². The molecule has 3 heterocycles. The lowest BCUT2D eigenvalue weighted by atomic mass is 10.1. The topological polar surface area (TPSA) is 138 Å². The Morgan fingerprint density at radius 1 is 0.769 bits per heavy atom. The third-order valence-corrected chi connectivity index (χ3v) is 6.48. The normalized spacial score (nSPS) is 12.2. The van der Waals surface area contributed by atoms with Crippen LogP contribution in [0.3, 0.4) is 0 Å². The molecule has 2 aromatic carbocycles. The lowest BCUT2D eigenvalue weighted by Gasteiger charge is -2.01. The minimum atomic E-state index is -1.07. The minimum absolute atomic E-state index is 0. The molecule has 2 amide bonds.